The average Bonchev–Trinajstić information content (AvgIpc) is 2.84. The molecule has 2 aromatic rings. The standard InChI is InChI=1S/C11H13BrN2OS/c1-14-8(4-6-13-14)2-3-10(15)11-9(12)5-7-16-11/h4-7,10,15H,2-3H2,1H3. The molecule has 0 amide bonds. The largest absolute Gasteiger partial charge is 0.388 e. The molecule has 16 heavy (non-hydrogen) atoms. The molecule has 1 atom stereocenters. The number of aryl methyl sites for hydroxylation is 2. The average molecular weight is 301 g/mol. The molecule has 0 fully saturated rings. The zero-order valence-corrected chi connectivity index (χ0v) is 11.3. The molecule has 0 aliphatic heterocycles. The van der Waals surface area contributed by atoms with E-state index in [9.17, 15) is 5.11 Å². The summed E-state index contributed by atoms with van der Waals surface area (Å²) < 4.78 is 2.84. The smallest absolute Gasteiger partial charge is 0.0897 e. The molecule has 0 bridgehead atoms. The van der Waals surface area contributed by atoms with Gasteiger partial charge in [0, 0.05) is 28.3 Å². The minimum absolute atomic E-state index is 0.399. The molecule has 0 saturated heterocycles. The Morgan fingerprint density at radius 2 is 2.38 bits per heavy atom. The molecule has 2 rings (SSSR count). The highest BCUT2D eigenvalue weighted by Crippen LogP contribution is 2.31. The van der Waals surface area contributed by atoms with Crippen LogP contribution in [0.2, 0.25) is 0 Å². The van der Waals surface area contributed by atoms with Gasteiger partial charge in [0.2, 0.25) is 0 Å². The Morgan fingerprint density at radius 3 is 2.94 bits per heavy atom. The lowest BCUT2D eigenvalue weighted by Crippen LogP contribution is -2.02. The van der Waals surface area contributed by atoms with Crippen LogP contribution in [0.25, 0.3) is 0 Å². The van der Waals surface area contributed by atoms with Gasteiger partial charge in [-0.25, -0.2) is 0 Å². The Labute approximate surface area is 107 Å². The molecule has 0 aliphatic rings. The van der Waals surface area contributed by atoms with E-state index in [1.54, 1.807) is 17.5 Å². The Morgan fingerprint density at radius 1 is 1.56 bits per heavy atom. The fourth-order valence-electron chi connectivity index (χ4n) is 1.61. The number of aromatic nitrogens is 2. The number of hydrogen-bond donors (Lipinski definition) is 1. The first kappa shape index (κ1) is 11.8. The molecule has 0 saturated carbocycles. The molecule has 0 aromatic carbocycles. The summed E-state index contributed by atoms with van der Waals surface area (Å²) in [6, 6.07) is 3.95. The molecular formula is C11H13BrN2OS. The van der Waals surface area contributed by atoms with Crippen molar-refractivity contribution in [2.45, 2.75) is 18.9 Å². The molecule has 3 nitrogen and oxygen atoms in total. The van der Waals surface area contributed by atoms with Crippen LogP contribution in [0.3, 0.4) is 0 Å². The lowest BCUT2D eigenvalue weighted by atomic mass is 10.1. The summed E-state index contributed by atoms with van der Waals surface area (Å²) in [7, 11) is 1.92. The maximum atomic E-state index is 10.0. The lowest BCUT2D eigenvalue weighted by Gasteiger charge is -2.09. The molecular weight excluding hydrogens is 288 g/mol. The van der Waals surface area contributed by atoms with E-state index in [4.69, 9.17) is 0 Å². The van der Waals surface area contributed by atoms with Gasteiger partial charge in [-0.15, -0.1) is 11.3 Å². The topological polar surface area (TPSA) is 38.0 Å². The van der Waals surface area contributed by atoms with Crippen molar-refractivity contribution in [1.82, 2.24) is 9.78 Å². The van der Waals surface area contributed by atoms with Crippen LogP contribution in [0.4, 0.5) is 0 Å². The van der Waals surface area contributed by atoms with Crippen LogP contribution in [0.15, 0.2) is 28.2 Å². The number of aliphatic hydroxyl groups excluding tert-OH is 1. The van der Waals surface area contributed by atoms with Crippen molar-refractivity contribution in [1.29, 1.82) is 0 Å². The van der Waals surface area contributed by atoms with Gasteiger partial charge in [-0.2, -0.15) is 5.10 Å². The van der Waals surface area contributed by atoms with Gasteiger partial charge in [0.25, 0.3) is 0 Å². The molecule has 2 heterocycles. The molecule has 0 aliphatic carbocycles. The van der Waals surface area contributed by atoms with Crippen LogP contribution >= 0.6 is 27.3 Å². The van der Waals surface area contributed by atoms with Gasteiger partial charge in [-0.05, 0) is 46.3 Å². The van der Waals surface area contributed by atoms with E-state index in [-0.39, 0.29) is 0 Å². The van der Waals surface area contributed by atoms with Crippen molar-refractivity contribution < 1.29 is 5.11 Å². The summed E-state index contributed by atoms with van der Waals surface area (Å²) in [5.41, 5.74) is 1.15. The maximum absolute atomic E-state index is 10.0. The van der Waals surface area contributed by atoms with Crippen LogP contribution in [0.5, 0.6) is 0 Å². The van der Waals surface area contributed by atoms with E-state index >= 15 is 0 Å². The third-order valence-electron chi connectivity index (χ3n) is 2.54. The Bertz CT molecular complexity index is 466. The van der Waals surface area contributed by atoms with E-state index in [2.05, 4.69) is 21.0 Å². The highest BCUT2D eigenvalue weighted by atomic mass is 79.9. The molecule has 0 radical (unpaired) electrons. The van der Waals surface area contributed by atoms with Crippen molar-refractivity contribution in [3.8, 4) is 0 Å². The highest BCUT2D eigenvalue weighted by Gasteiger charge is 2.13. The third kappa shape index (κ3) is 2.53. The summed E-state index contributed by atoms with van der Waals surface area (Å²) in [5.74, 6) is 0. The number of thiophene rings is 1. The summed E-state index contributed by atoms with van der Waals surface area (Å²) in [6.45, 7) is 0. The van der Waals surface area contributed by atoms with Gasteiger partial charge < -0.3 is 5.11 Å². The Balaban J connectivity index is 1.97. The molecule has 2 aromatic heterocycles. The second-order valence-corrected chi connectivity index (χ2v) is 5.44. The fourth-order valence-corrected chi connectivity index (χ4v) is 3.26. The first-order chi connectivity index (χ1) is 7.68. The van der Waals surface area contributed by atoms with Gasteiger partial charge in [0.15, 0.2) is 0 Å². The Kier molecular flexibility index (Phi) is 3.78. The van der Waals surface area contributed by atoms with E-state index in [0.29, 0.717) is 0 Å². The number of hydrogen-bond acceptors (Lipinski definition) is 3. The van der Waals surface area contributed by atoms with Crippen molar-refractivity contribution >= 4 is 27.3 Å². The lowest BCUT2D eigenvalue weighted by molar-refractivity contribution is 0.170. The normalized spacial score (nSPS) is 12.9. The number of halogens is 1. The van der Waals surface area contributed by atoms with Gasteiger partial charge in [0.05, 0.1) is 6.10 Å². The van der Waals surface area contributed by atoms with Crippen molar-refractivity contribution in [2.24, 2.45) is 7.05 Å². The quantitative estimate of drug-likeness (QED) is 0.943. The van der Waals surface area contributed by atoms with E-state index in [0.717, 1.165) is 27.9 Å². The van der Waals surface area contributed by atoms with Crippen LogP contribution in [-0.2, 0) is 13.5 Å². The second kappa shape index (κ2) is 5.12. The first-order valence-electron chi connectivity index (χ1n) is 5.06. The first-order valence-corrected chi connectivity index (χ1v) is 6.73. The predicted molar refractivity (Wildman–Crippen MR) is 68.5 cm³/mol. The fraction of sp³-hybridized carbons (Fsp3) is 0.364. The van der Waals surface area contributed by atoms with Crippen LogP contribution in [0, 0.1) is 0 Å². The van der Waals surface area contributed by atoms with Crippen LogP contribution in [-0.4, -0.2) is 14.9 Å². The number of nitrogens with zero attached hydrogens (tertiary/aromatic N) is 2. The maximum Gasteiger partial charge on any atom is 0.0897 e. The minimum Gasteiger partial charge on any atom is -0.388 e. The SMILES string of the molecule is Cn1nccc1CCC(O)c1sccc1Br. The van der Waals surface area contributed by atoms with Crippen molar-refractivity contribution in [3.05, 3.63) is 38.8 Å². The van der Waals surface area contributed by atoms with E-state index < -0.39 is 6.10 Å². The zero-order chi connectivity index (χ0) is 11.5. The van der Waals surface area contributed by atoms with Crippen LogP contribution < -0.4 is 0 Å². The zero-order valence-electron chi connectivity index (χ0n) is 8.93. The van der Waals surface area contributed by atoms with Gasteiger partial charge in [0.1, 0.15) is 0 Å². The summed E-state index contributed by atoms with van der Waals surface area (Å²) in [4.78, 5) is 1.00. The molecule has 0 spiro atoms. The molecule has 1 N–H and O–H groups in total. The Hall–Kier alpha value is -0.650. The van der Waals surface area contributed by atoms with Gasteiger partial charge >= 0.3 is 0 Å². The summed E-state index contributed by atoms with van der Waals surface area (Å²) >= 11 is 5.01. The van der Waals surface area contributed by atoms with Crippen molar-refractivity contribution in [2.75, 3.05) is 0 Å². The van der Waals surface area contributed by atoms with Crippen LogP contribution in [0.1, 0.15) is 23.1 Å². The number of aliphatic hydroxyl groups is 1. The summed E-state index contributed by atoms with van der Waals surface area (Å²) in [5, 5.41) is 16.1. The van der Waals surface area contributed by atoms with Gasteiger partial charge in [-0.3, -0.25) is 4.68 Å². The van der Waals surface area contributed by atoms with E-state index in [1.165, 1.54) is 0 Å². The van der Waals surface area contributed by atoms with E-state index in [1.807, 2.05) is 29.2 Å². The minimum atomic E-state index is -0.399. The predicted octanol–water partition coefficient (Wildman–Crippen LogP) is 2.91. The highest BCUT2D eigenvalue weighted by molar-refractivity contribution is 9.10. The second-order valence-electron chi connectivity index (χ2n) is 3.63. The monoisotopic (exact) mass is 300 g/mol. The molecule has 1 unspecified atom stereocenters. The number of rotatable bonds is 4. The van der Waals surface area contributed by atoms with Crippen molar-refractivity contribution in [3.63, 3.8) is 0 Å². The third-order valence-corrected chi connectivity index (χ3v) is 4.52. The van der Waals surface area contributed by atoms with Gasteiger partial charge in [-0.1, -0.05) is 0 Å². The molecule has 5 heteroatoms. The molecule has 86 valence electrons. The summed E-state index contributed by atoms with van der Waals surface area (Å²) in [6.07, 6.45) is 2.94.